The fourth-order valence-corrected chi connectivity index (χ4v) is 3.56. The van der Waals surface area contributed by atoms with Gasteiger partial charge in [0.05, 0.1) is 26.7 Å². The van der Waals surface area contributed by atoms with Crippen molar-refractivity contribution in [3.05, 3.63) is 62.4 Å². The predicted octanol–water partition coefficient (Wildman–Crippen LogP) is -0.388. The van der Waals surface area contributed by atoms with Crippen LogP contribution in [0, 0.1) is 0 Å². The van der Waals surface area contributed by atoms with Crippen molar-refractivity contribution in [3.8, 4) is 5.75 Å². The van der Waals surface area contributed by atoms with Gasteiger partial charge in [0, 0.05) is 11.8 Å². The Balaban J connectivity index is 1.76. The van der Waals surface area contributed by atoms with Crippen LogP contribution >= 0.6 is 0 Å². The number of likely N-dealkylation sites (tertiary alicyclic amines) is 1. The number of aromatic nitrogens is 2. The number of ether oxygens (including phenoxy) is 1. The molecule has 1 atom stereocenters. The Labute approximate surface area is 156 Å². The summed E-state index contributed by atoms with van der Waals surface area (Å²) in [7, 11) is 1.63. The number of carbonyl (C=O) groups excluding carboxylic acids is 1. The first-order valence-corrected chi connectivity index (χ1v) is 9.17. The number of quaternary nitrogens is 1. The van der Waals surface area contributed by atoms with Crippen LogP contribution in [0.3, 0.4) is 0 Å². The number of nitrogens with one attached hydrogen (secondary N) is 4. The largest absolute Gasteiger partial charge is 0.497 e. The van der Waals surface area contributed by atoms with Gasteiger partial charge in [-0.15, -0.1) is 0 Å². The molecule has 1 fully saturated rings. The first-order chi connectivity index (χ1) is 13.1. The maximum Gasteiger partial charge on any atom is 0.325 e. The van der Waals surface area contributed by atoms with Gasteiger partial charge >= 0.3 is 5.69 Å². The second-order valence-electron chi connectivity index (χ2n) is 6.74. The van der Waals surface area contributed by atoms with Crippen molar-refractivity contribution >= 4 is 5.91 Å². The second-order valence-corrected chi connectivity index (χ2v) is 6.74. The highest BCUT2D eigenvalue weighted by Crippen LogP contribution is 2.16. The Morgan fingerprint density at radius 3 is 2.52 bits per heavy atom. The molecule has 1 saturated heterocycles. The van der Waals surface area contributed by atoms with Crippen molar-refractivity contribution in [3.63, 3.8) is 0 Å². The quantitative estimate of drug-likeness (QED) is 0.553. The van der Waals surface area contributed by atoms with E-state index in [1.54, 1.807) is 7.11 Å². The number of piperidine rings is 1. The van der Waals surface area contributed by atoms with Crippen LogP contribution in [-0.2, 0) is 0 Å². The molecule has 1 aromatic carbocycles. The molecular weight excluding hydrogens is 348 g/mol. The lowest BCUT2D eigenvalue weighted by molar-refractivity contribution is -0.935. The smallest absolute Gasteiger partial charge is 0.325 e. The van der Waals surface area contributed by atoms with Gasteiger partial charge in [0.2, 0.25) is 0 Å². The summed E-state index contributed by atoms with van der Waals surface area (Å²) in [5, 5.41) is 2.85. The molecular formula is C19H25N4O4+. The molecule has 144 valence electrons. The zero-order valence-corrected chi connectivity index (χ0v) is 15.3. The Hall–Kier alpha value is -2.87. The molecule has 0 bridgehead atoms. The van der Waals surface area contributed by atoms with Crippen molar-refractivity contribution in [2.45, 2.75) is 25.3 Å². The monoisotopic (exact) mass is 373 g/mol. The van der Waals surface area contributed by atoms with Crippen molar-refractivity contribution in [2.75, 3.05) is 26.7 Å². The fourth-order valence-electron chi connectivity index (χ4n) is 3.56. The number of methoxy groups -OCH3 is 1. The van der Waals surface area contributed by atoms with Crippen molar-refractivity contribution in [2.24, 2.45) is 0 Å². The minimum Gasteiger partial charge on any atom is -0.497 e. The molecule has 4 N–H and O–H groups in total. The number of aromatic amines is 2. The number of benzene rings is 1. The lowest BCUT2D eigenvalue weighted by atomic mass is 10.0. The molecule has 3 rings (SSSR count). The van der Waals surface area contributed by atoms with Crippen molar-refractivity contribution in [1.29, 1.82) is 0 Å². The van der Waals surface area contributed by atoms with Gasteiger partial charge in [0.25, 0.3) is 11.5 Å². The fraction of sp³-hybridized carbons (Fsp3) is 0.421. The number of amides is 1. The molecule has 0 spiro atoms. The molecule has 8 nitrogen and oxygen atoms in total. The maximum atomic E-state index is 12.4. The van der Waals surface area contributed by atoms with Crippen LogP contribution in [0.25, 0.3) is 0 Å². The Morgan fingerprint density at radius 2 is 1.89 bits per heavy atom. The third-order valence-corrected chi connectivity index (χ3v) is 5.04. The molecule has 0 radical (unpaired) electrons. The normalized spacial score (nSPS) is 15.9. The Bertz CT molecular complexity index is 882. The van der Waals surface area contributed by atoms with Crippen LogP contribution in [0.5, 0.6) is 5.75 Å². The van der Waals surface area contributed by atoms with E-state index in [4.69, 9.17) is 4.74 Å². The van der Waals surface area contributed by atoms with Crippen LogP contribution in [-0.4, -0.2) is 42.6 Å². The zero-order valence-electron chi connectivity index (χ0n) is 15.3. The summed E-state index contributed by atoms with van der Waals surface area (Å²) in [6.45, 7) is 2.50. The third-order valence-electron chi connectivity index (χ3n) is 5.04. The molecule has 1 aromatic heterocycles. The SMILES string of the molecule is COc1ccc([C@@H](CNC(=O)c2c[nH]c(=O)[nH]c2=O)[NH+]2CCCCC2)cc1. The Kier molecular flexibility index (Phi) is 6.08. The van der Waals surface area contributed by atoms with E-state index >= 15 is 0 Å². The third kappa shape index (κ3) is 4.65. The van der Waals surface area contributed by atoms with Gasteiger partial charge in [-0.2, -0.15) is 0 Å². The molecule has 2 aromatic rings. The first-order valence-electron chi connectivity index (χ1n) is 9.17. The van der Waals surface area contributed by atoms with Gasteiger partial charge in [0.15, 0.2) is 0 Å². The van der Waals surface area contributed by atoms with Crippen LogP contribution < -0.4 is 26.2 Å². The lowest BCUT2D eigenvalue weighted by Crippen LogP contribution is -3.13. The van der Waals surface area contributed by atoms with Gasteiger partial charge < -0.3 is 19.9 Å². The molecule has 1 amide bonds. The minimum atomic E-state index is -0.692. The zero-order chi connectivity index (χ0) is 19.2. The van der Waals surface area contributed by atoms with E-state index in [2.05, 4.69) is 15.3 Å². The van der Waals surface area contributed by atoms with Crippen LogP contribution in [0.4, 0.5) is 0 Å². The standard InChI is InChI=1S/C19H24N4O4/c1-27-14-7-5-13(6-8-14)16(23-9-3-2-4-10-23)12-20-17(24)15-11-21-19(26)22-18(15)25/h5-8,11,16H,2-4,9-10,12H2,1H3,(H,20,24)(H2,21,22,25,26)/p+1/t16-/m1/s1. The number of carbonyl (C=O) groups is 1. The molecule has 0 aliphatic carbocycles. The summed E-state index contributed by atoms with van der Waals surface area (Å²) in [6.07, 6.45) is 4.70. The highest BCUT2D eigenvalue weighted by Gasteiger charge is 2.27. The average Bonchev–Trinajstić information content (AvgIpc) is 2.69. The van der Waals surface area contributed by atoms with Crippen molar-refractivity contribution in [1.82, 2.24) is 15.3 Å². The maximum absolute atomic E-state index is 12.4. The van der Waals surface area contributed by atoms with Crippen LogP contribution in [0.1, 0.15) is 41.2 Å². The van der Waals surface area contributed by atoms with Gasteiger partial charge in [0.1, 0.15) is 17.4 Å². The van der Waals surface area contributed by atoms with E-state index in [-0.39, 0.29) is 11.6 Å². The van der Waals surface area contributed by atoms with E-state index in [1.165, 1.54) is 11.3 Å². The van der Waals surface area contributed by atoms with E-state index in [1.807, 2.05) is 24.3 Å². The number of hydrogen-bond donors (Lipinski definition) is 4. The molecule has 27 heavy (non-hydrogen) atoms. The second kappa shape index (κ2) is 8.68. The van der Waals surface area contributed by atoms with Crippen molar-refractivity contribution < 1.29 is 14.4 Å². The molecule has 1 aliphatic rings. The molecule has 2 heterocycles. The summed E-state index contributed by atoms with van der Waals surface area (Å²) in [6, 6.07) is 7.95. The minimum absolute atomic E-state index is 0.0852. The molecule has 0 saturated carbocycles. The number of hydrogen-bond acceptors (Lipinski definition) is 4. The average molecular weight is 373 g/mol. The summed E-state index contributed by atoms with van der Waals surface area (Å²) >= 11 is 0. The number of H-pyrrole nitrogens is 2. The molecule has 8 heteroatoms. The summed E-state index contributed by atoms with van der Waals surface area (Å²) < 4.78 is 5.23. The van der Waals surface area contributed by atoms with Crippen LogP contribution in [0.15, 0.2) is 40.1 Å². The lowest BCUT2D eigenvalue weighted by Gasteiger charge is -2.32. The summed E-state index contributed by atoms with van der Waals surface area (Å²) in [5.41, 5.74) is -0.312. The van der Waals surface area contributed by atoms with E-state index in [0.717, 1.165) is 43.4 Å². The number of rotatable bonds is 6. The highest BCUT2D eigenvalue weighted by atomic mass is 16.5. The van der Waals surface area contributed by atoms with E-state index in [0.29, 0.717) is 6.54 Å². The first kappa shape index (κ1) is 18.9. The van der Waals surface area contributed by atoms with E-state index in [9.17, 15) is 14.4 Å². The van der Waals surface area contributed by atoms with E-state index < -0.39 is 17.2 Å². The predicted molar refractivity (Wildman–Crippen MR) is 100 cm³/mol. The molecule has 1 aliphatic heterocycles. The highest BCUT2D eigenvalue weighted by molar-refractivity contribution is 5.93. The van der Waals surface area contributed by atoms with Gasteiger partial charge in [-0.3, -0.25) is 14.6 Å². The summed E-state index contributed by atoms with van der Waals surface area (Å²) in [5.74, 6) is 0.289. The Morgan fingerprint density at radius 1 is 1.19 bits per heavy atom. The summed E-state index contributed by atoms with van der Waals surface area (Å²) in [4.78, 5) is 41.2. The van der Waals surface area contributed by atoms with Gasteiger partial charge in [-0.1, -0.05) is 0 Å². The van der Waals surface area contributed by atoms with Crippen LogP contribution in [0.2, 0.25) is 0 Å². The topological polar surface area (TPSA) is 108 Å². The van der Waals surface area contributed by atoms with Gasteiger partial charge in [-0.25, -0.2) is 4.79 Å². The van der Waals surface area contributed by atoms with Gasteiger partial charge in [-0.05, 0) is 43.5 Å². The molecule has 0 unspecified atom stereocenters.